The van der Waals surface area contributed by atoms with Crippen LogP contribution in [0.5, 0.6) is 5.75 Å². The van der Waals surface area contributed by atoms with Gasteiger partial charge in [0.05, 0.1) is 17.8 Å². The Hall–Kier alpha value is -1.39. The van der Waals surface area contributed by atoms with Crippen LogP contribution in [-0.2, 0) is 12.8 Å². The van der Waals surface area contributed by atoms with Crippen molar-refractivity contribution in [2.75, 3.05) is 13.7 Å². The number of thiazole rings is 1. The van der Waals surface area contributed by atoms with Gasteiger partial charge in [0.25, 0.3) is 0 Å². The Bertz CT molecular complexity index is 594. The summed E-state index contributed by atoms with van der Waals surface area (Å²) >= 11 is 1.73. The zero-order chi connectivity index (χ0) is 13.9. The van der Waals surface area contributed by atoms with Gasteiger partial charge in [-0.05, 0) is 43.0 Å². The minimum Gasteiger partial charge on any atom is -0.497 e. The maximum absolute atomic E-state index is 5.33. The summed E-state index contributed by atoms with van der Waals surface area (Å²) in [5, 5.41) is 6.96. The van der Waals surface area contributed by atoms with Crippen LogP contribution in [0.1, 0.15) is 34.3 Å². The molecule has 0 saturated carbocycles. The lowest BCUT2D eigenvalue weighted by atomic mass is 10.1. The number of rotatable bonds is 5. The molecule has 20 heavy (non-hydrogen) atoms. The molecule has 1 aromatic carbocycles. The summed E-state index contributed by atoms with van der Waals surface area (Å²) in [6.45, 7) is 3.03. The molecule has 4 heteroatoms. The van der Waals surface area contributed by atoms with Crippen molar-refractivity contribution in [2.24, 2.45) is 0 Å². The predicted molar refractivity (Wildman–Crippen MR) is 82.6 cm³/mol. The van der Waals surface area contributed by atoms with E-state index in [0.717, 1.165) is 30.1 Å². The molecule has 3 nitrogen and oxygen atoms in total. The number of benzene rings is 1. The average molecular weight is 288 g/mol. The number of hydrogen-bond donors (Lipinski definition) is 1. The molecule has 1 aliphatic rings. The van der Waals surface area contributed by atoms with Crippen molar-refractivity contribution in [1.29, 1.82) is 0 Å². The second-order valence-corrected chi connectivity index (χ2v) is 6.28. The molecule has 0 amide bonds. The highest BCUT2D eigenvalue weighted by atomic mass is 32.1. The van der Waals surface area contributed by atoms with Crippen LogP contribution >= 0.6 is 11.3 Å². The van der Waals surface area contributed by atoms with Gasteiger partial charge in [0, 0.05) is 24.4 Å². The largest absolute Gasteiger partial charge is 0.497 e. The first kappa shape index (κ1) is 13.6. The fourth-order valence-electron chi connectivity index (χ4n) is 2.82. The van der Waals surface area contributed by atoms with E-state index in [1.165, 1.54) is 23.2 Å². The minimum atomic E-state index is 0.458. The summed E-state index contributed by atoms with van der Waals surface area (Å²) in [7, 11) is 1.73. The van der Waals surface area contributed by atoms with Gasteiger partial charge in [-0.15, -0.1) is 11.3 Å². The third kappa shape index (κ3) is 2.86. The number of hydrogen-bond acceptors (Lipinski definition) is 4. The van der Waals surface area contributed by atoms with Crippen molar-refractivity contribution in [2.45, 2.75) is 32.2 Å². The van der Waals surface area contributed by atoms with Crippen molar-refractivity contribution in [3.63, 3.8) is 0 Å². The molecule has 2 aromatic rings. The smallest absolute Gasteiger partial charge is 0.119 e. The highest BCUT2D eigenvalue weighted by Gasteiger charge is 2.22. The third-order valence-electron chi connectivity index (χ3n) is 3.87. The third-order valence-corrected chi connectivity index (χ3v) is 4.69. The fourth-order valence-corrected chi connectivity index (χ4v) is 3.46. The van der Waals surface area contributed by atoms with Crippen molar-refractivity contribution in [3.05, 3.63) is 45.4 Å². The van der Waals surface area contributed by atoms with Crippen molar-refractivity contribution >= 4 is 11.3 Å². The van der Waals surface area contributed by atoms with E-state index in [0.29, 0.717) is 6.04 Å². The maximum Gasteiger partial charge on any atom is 0.119 e. The molecule has 1 N–H and O–H groups in total. The summed E-state index contributed by atoms with van der Waals surface area (Å²) in [4.78, 5) is 4.51. The first-order chi connectivity index (χ1) is 9.76. The van der Waals surface area contributed by atoms with Gasteiger partial charge in [-0.25, -0.2) is 4.98 Å². The van der Waals surface area contributed by atoms with Gasteiger partial charge in [-0.2, -0.15) is 0 Å². The average Bonchev–Trinajstić information content (AvgIpc) is 3.05. The highest BCUT2D eigenvalue weighted by molar-refractivity contribution is 7.09. The van der Waals surface area contributed by atoms with E-state index < -0.39 is 0 Å². The number of nitrogens with one attached hydrogen (secondary N) is 1. The summed E-state index contributed by atoms with van der Waals surface area (Å²) in [6.07, 6.45) is 3.34. The molecule has 0 saturated heterocycles. The zero-order valence-electron chi connectivity index (χ0n) is 12.0. The van der Waals surface area contributed by atoms with Crippen LogP contribution in [0.3, 0.4) is 0 Å². The molecule has 106 valence electrons. The Kier molecular flexibility index (Phi) is 4.03. The highest BCUT2D eigenvalue weighted by Crippen LogP contribution is 2.33. The second-order valence-electron chi connectivity index (χ2n) is 5.22. The van der Waals surface area contributed by atoms with E-state index in [4.69, 9.17) is 4.74 Å². The zero-order valence-corrected chi connectivity index (χ0v) is 12.8. The standard InChI is InChI=1S/C16H20N2OS/c1-11-18-13(10-20-11)7-8-17-16-6-4-12-3-5-14(19-2)9-15(12)16/h3,5,9-10,16-17H,4,6-8H2,1-2H3. The number of fused-ring (bicyclic) bond motifs is 1. The monoisotopic (exact) mass is 288 g/mol. The molecular formula is C16H20N2OS. The number of methoxy groups -OCH3 is 1. The van der Waals surface area contributed by atoms with Crippen molar-refractivity contribution in [3.8, 4) is 5.75 Å². The van der Waals surface area contributed by atoms with Gasteiger partial charge in [-0.3, -0.25) is 0 Å². The molecule has 0 fully saturated rings. The lowest BCUT2D eigenvalue weighted by Crippen LogP contribution is -2.22. The molecule has 0 bridgehead atoms. The first-order valence-electron chi connectivity index (χ1n) is 7.07. The van der Waals surface area contributed by atoms with Gasteiger partial charge >= 0.3 is 0 Å². The summed E-state index contributed by atoms with van der Waals surface area (Å²) < 4.78 is 5.33. The van der Waals surface area contributed by atoms with Crippen LogP contribution in [0.4, 0.5) is 0 Å². The summed E-state index contributed by atoms with van der Waals surface area (Å²) in [5.74, 6) is 0.951. The van der Waals surface area contributed by atoms with Crippen molar-refractivity contribution < 1.29 is 4.74 Å². The van der Waals surface area contributed by atoms with Gasteiger partial charge in [-0.1, -0.05) is 6.07 Å². The molecule has 1 aliphatic carbocycles. The number of nitrogens with zero attached hydrogens (tertiary/aromatic N) is 1. The number of ether oxygens (including phenoxy) is 1. The van der Waals surface area contributed by atoms with Crippen LogP contribution < -0.4 is 10.1 Å². The molecular weight excluding hydrogens is 268 g/mol. The van der Waals surface area contributed by atoms with Gasteiger partial charge in [0.15, 0.2) is 0 Å². The fraction of sp³-hybridized carbons (Fsp3) is 0.438. The van der Waals surface area contributed by atoms with E-state index in [2.05, 4.69) is 40.8 Å². The molecule has 3 rings (SSSR count). The quantitative estimate of drug-likeness (QED) is 0.917. The topological polar surface area (TPSA) is 34.1 Å². The van der Waals surface area contributed by atoms with Gasteiger partial charge < -0.3 is 10.1 Å². The Morgan fingerprint density at radius 3 is 3.10 bits per heavy atom. The first-order valence-corrected chi connectivity index (χ1v) is 7.95. The van der Waals surface area contributed by atoms with Crippen LogP contribution in [0.25, 0.3) is 0 Å². The summed E-state index contributed by atoms with van der Waals surface area (Å²) in [6, 6.07) is 6.88. The minimum absolute atomic E-state index is 0.458. The molecule has 0 aliphatic heterocycles. The van der Waals surface area contributed by atoms with Gasteiger partial charge in [0.1, 0.15) is 5.75 Å². The summed E-state index contributed by atoms with van der Waals surface area (Å²) in [5.41, 5.74) is 4.05. The van der Waals surface area contributed by atoms with E-state index in [-0.39, 0.29) is 0 Å². The van der Waals surface area contributed by atoms with Crippen LogP contribution in [0.15, 0.2) is 23.6 Å². The van der Waals surface area contributed by atoms with Crippen LogP contribution in [0, 0.1) is 6.92 Å². The van der Waals surface area contributed by atoms with E-state index in [9.17, 15) is 0 Å². The normalized spacial score (nSPS) is 17.2. The second kappa shape index (κ2) is 5.94. The molecule has 1 atom stereocenters. The molecule has 0 radical (unpaired) electrons. The molecule has 1 aromatic heterocycles. The number of aromatic nitrogens is 1. The molecule has 1 unspecified atom stereocenters. The lowest BCUT2D eigenvalue weighted by Gasteiger charge is -2.14. The number of aryl methyl sites for hydroxylation is 2. The maximum atomic E-state index is 5.33. The van der Waals surface area contributed by atoms with E-state index in [1.54, 1.807) is 18.4 Å². The Morgan fingerprint density at radius 2 is 2.35 bits per heavy atom. The van der Waals surface area contributed by atoms with Gasteiger partial charge in [0.2, 0.25) is 0 Å². The Labute approximate surface area is 124 Å². The Morgan fingerprint density at radius 1 is 1.45 bits per heavy atom. The van der Waals surface area contributed by atoms with E-state index in [1.807, 2.05) is 0 Å². The Balaban J connectivity index is 1.60. The van der Waals surface area contributed by atoms with Crippen LogP contribution in [0.2, 0.25) is 0 Å². The van der Waals surface area contributed by atoms with Crippen molar-refractivity contribution in [1.82, 2.24) is 10.3 Å². The van der Waals surface area contributed by atoms with E-state index >= 15 is 0 Å². The predicted octanol–water partition coefficient (Wildman–Crippen LogP) is 3.28. The van der Waals surface area contributed by atoms with Crippen LogP contribution in [-0.4, -0.2) is 18.6 Å². The molecule has 0 spiro atoms. The SMILES string of the molecule is COc1ccc2c(c1)C(NCCc1csc(C)n1)CC2. The molecule has 1 heterocycles. The lowest BCUT2D eigenvalue weighted by molar-refractivity contribution is 0.413.